The van der Waals surface area contributed by atoms with E-state index < -0.39 is 0 Å². The van der Waals surface area contributed by atoms with E-state index in [1.165, 1.54) is 0 Å². The summed E-state index contributed by atoms with van der Waals surface area (Å²) in [6, 6.07) is 132. The average Bonchev–Trinajstić information content (AvgIpc) is 0.770. The molecule has 0 bridgehead atoms. The van der Waals surface area contributed by atoms with Crippen molar-refractivity contribution >= 4 is 0 Å². The highest BCUT2D eigenvalue weighted by Crippen LogP contribution is 2.44. The Morgan fingerprint density at radius 2 is 0.325 bits per heavy atom. The summed E-state index contributed by atoms with van der Waals surface area (Å²) in [5.41, 5.74) is 34.9. The Kier molecular flexibility index (Phi) is 21.1. The van der Waals surface area contributed by atoms with E-state index in [1.54, 1.807) is 37.2 Å². The van der Waals surface area contributed by atoms with Crippen molar-refractivity contribution in [1.29, 1.82) is 0 Å². The minimum Gasteiger partial charge on any atom is -0.264 e. The maximum absolute atomic E-state index is 5.15. The maximum Gasteiger partial charge on any atom is 0.0893 e. The Hall–Kier alpha value is -16.4. The second-order valence-electron chi connectivity index (χ2n) is 28.8. The van der Waals surface area contributed by atoms with Gasteiger partial charge in [0.15, 0.2) is 0 Å². The summed E-state index contributed by atoms with van der Waals surface area (Å²) in [4.78, 5) is 57.3. The highest BCUT2D eigenvalue weighted by molar-refractivity contribution is 5.94. The van der Waals surface area contributed by atoms with Crippen molar-refractivity contribution in [3.05, 3.63) is 438 Å². The molecule has 0 fully saturated rings. The molecule has 8 aromatic carbocycles. The molecular weight excluding hydrogens is 1470 g/mol. The molecular formula is C108H72N12. The molecule has 20 rings (SSSR count). The SMILES string of the molecule is c1ccc(-c2cccc(-c3ccccc3-c3cc(-c4ccccc4-c4cccc(-c5ccccn5)n4)cc(-c4ccccc4-c4cccc(-c5ccccn5)n4)c3)n2)nc1.c1cncc(-c2cccc(-c3cccc(-c4cc(-c5cccc(-c6cccc(-c7cccnc7)n6)c5)cc(-c5cccc(-c6cccc(-c7cccnc7)n6)c5)c4)c3)n2)c1. The molecule has 0 N–H and O–H groups in total. The van der Waals surface area contributed by atoms with Crippen LogP contribution in [0.25, 0.3) is 202 Å². The molecule has 0 radical (unpaired) electrons. The molecule has 0 atom stereocenters. The topological polar surface area (TPSA) is 155 Å². The van der Waals surface area contributed by atoms with Gasteiger partial charge in [-0.2, -0.15) is 0 Å². The predicted octanol–water partition coefficient (Wildman–Crippen LogP) is 26.1. The van der Waals surface area contributed by atoms with E-state index in [9.17, 15) is 0 Å². The Bertz CT molecular complexity index is 6340. The Morgan fingerprint density at radius 1 is 0.117 bits per heavy atom. The third-order valence-corrected chi connectivity index (χ3v) is 21.0. The number of nitrogens with zero attached hydrogens (tertiary/aromatic N) is 12. The number of rotatable bonds is 18. The molecule has 0 aliphatic carbocycles. The standard InChI is InChI=1S/2C54H36N6/c1-10-37(28-40(13-1)49-19-4-22-52(58-49)43-16-7-25-55-34-43)46-31-47(38-11-2-14-41(29-38)50-20-5-23-53(59-50)44-17-8-26-56-35-44)33-48(32-46)39-12-3-15-42(30-39)51-21-6-24-54(60-51)45-18-9-27-57-36-45;1-4-19-43(46-25-13-28-52(58-46)49-22-7-10-31-55-49)40(16-1)37-34-38(41-17-2-5-20-44(41)47-26-14-29-53(59-47)50-23-8-11-32-56-50)36-39(35-37)42-18-3-6-21-45(42)48-27-15-30-54(60-48)51-24-9-12-33-57-51/h2*1-36H. The van der Waals surface area contributed by atoms with Crippen molar-refractivity contribution in [2.24, 2.45) is 0 Å². The van der Waals surface area contributed by atoms with Crippen LogP contribution in [0.1, 0.15) is 0 Å². The van der Waals surface area contributed by atoms with Crippen LogP contribution < -0.4 is 0 Å². The summed E-state index contributed by atoms with van der Waals surface area (Å²) in [5, 5.41) is 0. The van der Waals surface area contributed by atoms with Gasteiger partial charge in [0, 0.05) is 106 Å². The van der Waals surface area contributed by atoms with Gasteiger partial charge < -0.3 is 0 Å². The van der Waals surface area contributed by atoms with Gasteiger partial charge in [-0.3, -0.25) is 29.9 Å². The summed E-state index contributed by atoms with van der Waals surface area (Å²) in [5.74, 6) is 0. The zero-order valence-corrected chi connectivity index (χ0v) is 64.9. The molecule has 0 aliphatic heterocycles. The third-order valence-electron chi connectivity index (χ3n) is 21.0. The van der Waals surface area contributed by atoms with Crippen molar-refractivity contribution < 1.29 is 0 Å². The van der Waals surface area contributed by atoms with E-state index in [0.717, 1.165) is 202 Å². The smallest absolute Gasteiger partial charge is 0.0893 e. The Balaban J connectivity index is 0.000000159. The van der Waals surface area contributed by atoms with Crippen LogP contribution in [-0.2, 0) is 0 Å². The minimum absolute atomic E-state index is 0.820. The quantitative estimate of drug-likeness (QED) is 0.0803. The van der Waals surface area contributed by atoms with Crippen molar-refractivity contribution in [3.63, 3.8) is 0 Å². The third kappa shape index (κ3) is 16.4. The van der Waals surface area contributed by atoms with E-state index in [2.05, 4.69) is 285 Å². The Labute approximate surface area is 695 Å². The molecule has 0 saturated carbocycles. The first kappa shape index (κ1) is 73.7. The predicted molar refractivity (Wildman–Crippen MR) is 484 cm³/mol. The van der Waals surface area contributed by atoms with Crippen LogP contribution in [0, 0.1) is 0 Å². The van der Waals surface area contributed by atoms with Crippen LogP contribution in [0.3, 0.4) is 0 Å². The largest absolute Gasteiger partial charge is 0.264 e. The van der Waals surface area contributed by atoms with E-state index in [4.69, 9.17) is 29.9 Å². The number of aromatic nitrogens is 12. The first-order valence-electron chi connectivity index (χ1n) is 39.7. The van der Waals surface area contributed by atoms with E-state index in [-0.39, 0.29) is 0 Å². The molecule has 0 aliphatic rings. The molecule has 12 nitrogen and oxygen atoms in total. The second kappa shape index (κ2) is 34.3. The summed E-state index contributed by atoms with van der Waals surface area (Å²) >= 11 is 0. The average molecular weight is 1540 g/mol. The fraction of sp³-hybridized carbons (Fsp3) is 0. The number of hydrogen-bond donors (Lipinski definition) is 0. The van der Waals surface area contributed by atoms with E-state index >= 15 is 0 Å². The molecule has 12 heteroatoms. The molecule has 12 aromatic heterocycles. The lowest BCUT2D eigenvalue weighted by molar-refractivity contribution is 1.25. The molecule has 0 unspecified atom stereocenters. The lowest BCUT2D eigenvalue weighted by Crippen LogP contribution is -1.95. The molecule has 0 amide bonds. The fourth-order valence-corrected chi connectivity index (χ4v) is 15.2. The van der Waals surface area contributed by atoms with Gasteiger partial charge in [0.1, 0.15) is 0 Å². The summed E-state index contributed by atoms with van der Waals surface area (Å²) in [6.07, 6.45) is 16.3. The Morgan fingerprint density at radius 3 is 0.600 bits per heavy atom. The molecule has 20 aromatic rings. The fourth-order valence-electron chi connectivity index (χ4n) is 15.2. The van der Waals surface area contributed by atoms with Gasteiger partial charge in [-0.15, -0.1) is 0 Å². The van der Waals surface area contributed by atoms with E-state index in [1.807, 2.05) is 146 Å². The zero-order chi connectivity index (χ0) is 80.2. The highest BCUT2D eigenvalue weighted by atomic mass is 14.8. The molecule has 12 heterocycles. The van der Waals surface area contributed by atoms with Gasteiger partial charge in [0.25, 0.3) is 0 Å². The maximum atomic E-state index is 5.15. The minimum atomic E-state index is 0.820. The van der Waals surface area contributed by atoms with Crippen LogP contribution in [-0.4, -0.2) is 59.8 Å². The summed E-state index contributed by atoms with van der Waals surface area (Å²) < 4.78 is 0. The van der Waals surface area contributed by atoms with Gasteiger partial charge in [0.2, 0.25) is 0 Å². The van der Waals surface area contributed by atoms with Crippen LogP contribution in [0.15, 0.2) is 438 Å². The molecule has 564 valence electrons. The monoisotopic (exact) mass is 1540 g/mol. The van der Waals surface area contributed by atoms with Crippen LogP contribution in [0.5, 0.6) is 0 Å². The summed E-state index contributed by atoms with van der Waals surface area (Å²) in [6.45, 7) is 0. The van der Waals surface area contributed by atoms with Gasteiger partial charge in [-0.1, -0.05) is 182 Å². The van der Waals surface area contributed by atoms with Crippen LogP contribution in [0.2, 0.25) is 0 Å². The van der Waals surface area contributed by atoms with Crippen LogP contribution >= 0.6 is 0 Å². The number of pyridine rings is 12. The van der Waals surface area contributed by atoms with Crippen molar-refractivity contribution in [2.45, 2.75) is 0 Å². The lowest BCUT2D eigenvalue weighted by Gasteiger charge is -2.18. The lowest BCUT2D eigenvalue weighted by atomic mass is 9.87. The first-order valence-corrected chi connectivity index (χ1v) is 39.7. The normalized spacial score (nSPS) is 11.0. The second-order valence-corrected chi connectivity index (χ2v) is 28.8. The molecule has 0 saturated heterocycles. The number of benzene rings is 8. The van der Waals surface area contributed by atoms with E-state index in [0.29, 0.717) is 0 Å². The number of hydrogen-bond acceptors (Lipinski definition) is 12. The molecule has 0 spiro atoms. The van der Waals surface area contributed by atoms with Crippen molar-refractivity contribution in [3.8, 4) is 202 Å². The van der Waals surface area contributed by atoms with Crippen molar-refractivity contribution in [2.75, 3.05) is 0 Å². The van der Waals surface area contributed by atoms with Gasteiger partial charge in [-0.25, -0.2) is 29.9 Å². The highest BCUT2D eigenvalue weighted by Gasteiger charge is 2.21. The molecule has 120 heavy (non-hydrogen) atoms. The van der Waals surface area contributed by atoms with Gasteiger partial charge >= 0.3 is 0 Å². The van der Waals surface area contributed by atoms with Gasteiger partial charge in [0.05, 0.1) is 85.4 Å². The zero-order valence-electron chi connectivity index (χ0n) is 64.9. The van der Waals surface area contributed by atoms with Crippen molar-refractivity contribution in [1.82, 2.24) is 59.8 Å². The summed E-state index contributed by atoms with van der Waals surface area (Å²) in [7, 11) is 0. The van der Waals surface area contributed by atoms with Crippen LogP contribution in [0.4, 0.5) is 0 Å². The van der Waals surface area contributed by atoms with Gasteiger partial charge in [-0.05, 0) is 267 Å². The first-order chi connectivity index (χ1) is 59.4.